The molecule has 3 rings (SSSR count). The lowest BCUT2D eigenvalue weighted by atomic mass is 9.95. The molecular weight excluding hydrogens is 304 g/mol. The lowest BCUT2D eigenvalue weighted by Gasteiger charge is -2.31. The molecule has 1 saturated carbocycles. The zero-order chi connectivity index (χ0) is 17.2. The Kier molecular flexibility index (Phi) is 4.88. The summed E-state index contributed by atoms with van der Waals surface area (Å²) in [6.45, 7) is 4.65. The van der Waals surface area contributed by atoms with Crippen molar-refractivity contribution in [1.29, 1.82) is 0 Å². The Bertz CT molecular complexity index is 598. The monoisotopic (exact) mass is 332 g/mol. The highest BCUT2D eigenvalue weighted by atomic mass is 16.5. The molecule has 1 aromatic carbocycles. The van der Waals surface area contributed by atoms with Gasteiger partial charge in [-0.1, -0.05) is 13.0 Å². The van der Waals surface area contributed by atoms with Gasteiger partial charge < -0.3 is 19.7 Å². The number of ether oxygens (including phenoxy) is 2. The van der Waals surface area contributed by atoms with Crippen LogP contribution in [0.2, 0.25) is 0 Å². The maximum atomic E-state index is 12.4. The second-order valence-corrected chi connectivity index (χ2v) is 7.20. The van der Waals surface area contributed by atoms with E-state index in [4.69, 9.17) is 9.47 Å². The topological polar surface area (TPSA) is 50.8 Å². The number of amides is 2. The zero-order valence-electron chi connectivity index (χ0n) is 14.9. The van der Waals surface area contributed by atoms with Gasteiger partial charge in [0.15, 0.2) is 11.5 Å². The highest BCUT2D eigenvalue weighted by Crippen LogP contribution is 2.49. The largest absolute Gasteiger partial charge is 0.493 e. The molecule has 132 valence electrons. The molecular formula is C19H28N2O3. The van der Waals surface area contributed by atoms with Crippen molar-refractivity contribution in [2.45, 2.75) is 38.0 Å². The minimum absolute atomic E-state index is 0.0522. The summed E-state index contributed by atoms with van der Waals surface area (Å²) >= 11 is 0. The van der Waals surface area contributed by atoms with Crippen LogP contribution >= 0.6 is 0 Å². The van der Waals surface area contributed by atoms with E-state index in [9.17, 15) is 4.79 Å². The van der Waals surface area contributed by atoms with E-state index in [0.29, 0.717) is 12.5 Å². The van der Waals surface area contributed by atoms with Gasteiger partial charge in [0, 0.05) is 25.0 Å². The fourth-order valence-electron chi connectivity index (χ4n) is 3.61. The van der Waals surface area contributed by atoms with Gasteiger partial charge in [0.1, 0.15) is 0 Å². The summed E-state index contributed by atoms with van der Waals surface area (Å²) in [6, 6.07) is 6.15. The molecule has 1 aliphatic heterocycles. The van der Waals surface area contributed by atoms with E-state index in [2.05, 4.69) is 18.3 Å². The van der Waals surface area contributed by atoms with Crippen LogP contribution in [0.4, 0.5) is 4.79 Å². The van der Waals surface area contributed by atoms with Crippen molar-refractivity contribution in [1.82, 2.24) is 10.2 Å². The summed E-state index contributed by atoms with van der Waals surface area (Å²) in [5, 5.41) is 3.16. The van der Waals surface area contributed by atoms with Crippen molar-refractivity contribution in [3.05, 3.63) is 23.8 Å². The van der Waals surface area contributed by atoms with Gasteiger partial charge in [0.2, 0.25) is 0 Å². The van der Waals surface area contributed by atoms with Gasteiger partial charge in [-0.05, 0) is 49.3 Å². The van der Waals surface area contributed by atoms with Crippen LogP contribution in [-0.2, 0) is 5.41 Å². The van der Waals surface area contributed by atoms with Gasteiger partial charge in [-0.15, -0.1) is 0 Å². The molecule has 1 unspecified atom stereocenters. The van der Waals surface area contributed by atoms with Crippen LogP contribution in [-0.4, -0.2) is 44.8 Å². The average molecular weight is 332 g/mol. The number of benzene rings is 1. The van der Waals surface area contributed by atoms with E-state index in [1.807, 2.05) is 17.0 Å². The van der Waals surface area contributed by atoms with Crippen LogP contribution < -0.4 is 14.8 Å². The molecule has 2 fully saturated rings. The minimum Gasteiger partial charge on any atom is -0.493 e. The van der Waals surface area contributed by atoms with Crippen LogP contribution in [0.5, 0.6) is 11.5 Å². The van der Waals surface area contributed by atoms with E-state index in [1.165, 1.54) is 12.0 Å². The Balaban J connectivity index is 1.63. The van der Waals surface area contributed by atoms with Crippen molar-refractivity contribution < 1.29 is 14.3 Å². The second-order valence-electron chi connectivity index (χ2n) is 7.20. The van der Waals surface area contributed by atoms with Crippen LogP contribution in [0, 0.1) is 5.92 Å². The maximum absolute atomic E-state index is 12.4. The molecule has 0 aromatic heterocycles. The van der Waals surface area contributed by atoms with E-state index in [1.54, 1.807) is 14.2 Å². The summed E-state index contributed by atoms with van der Waals surface area (Å²) < 4.78 is 10.7. The molecule has 0 radical (unpaired) electrons. The Hall–Kier alpha value is -1.91. The predicted octanol–water partition coefficient (Wildman–Crippen LogP) is 3.18. The minimum atomic E-state index is 0.0522. The Morgan fingerprint density at radius 1 is 1.29 bits per heavy atom. The standard InChI is InChI=1S/C19H28N2O3/c1-14-5-4-10-21(12-14)18(22)20-13-19(8-9-19)15-6-7-16(23-2)17(11-15)24-3/h6-7,11,14H,4-5,8-10,12-13H2,1-3H3,(H,20,22). The molecule has 0 bridgehead atoms. The maximum Gasteiger partial charge on any atom is 0.317 e. The molecule has 1 aromatic rings. The first kappa shape index (κ1) is 16.9. The van der Waals surface area contributed by atoms with E-state index in [-0.39, 0.29) is 11.4 Å². The summed E-state index contributed by atoms with van der Waals surface area (Å²) in [4.78, 5) is 14.4. The van der Waals surface area contributed by atoms with Gasteiger partial charge in [0.25, 0.3) is 0 Å². The number of nitrogens with zero attached hydrogens (tertiary/aromatic N) is 1. The number of hydrogen-bond donors (Lipinski definition) is 1. The van der Waals surface area contributed by atoms with Crippen molar-refractivity contribution in [3.8, 4) is 11.5 Å². The molecule has 1 saturated heterocycles. The van der Waals surface area contributed by atoms with Crippen LogP contribution in [0.25, 0.3) is 0 Å². The number of piperidine rings is 1. The summed E-state index contributed by atoms with van der Waals surface area (Å²) in [7, 11) is 3.30. The number of urea groups is 1. The summed E-state index contributed by atoms with van der Waals surface area (Å²) in [5.74, 6) is 2.09. The molecule has 1 heterocycles. The lowest BCUT2D eigenvalue weighted by Crippen LogP contribution is -2.46. The van der Waals surface area contributed by atoms with Crippen molar-refractivity contribution >= 4 is 6.03 Å². The molecule has 2 amide bonds. The number of carbonyl (C=O) groups excluding carboxylic acids is 1. The highest BCUT2D eigenvalue weighted by molar-refractivity contribution is 5.74. The summed E-state index contributed by atoms with van der Waals surface area (Å²) in [6.07, 6.45) is 4.52. The molecule has 24 heavy (non-hydrogen) atoms. The molecule has 0 spiro atoms. The van der Waals surface area contributed by atoms with Gasteiger partial charge in [-0.3, -0.25) is 0 Å². The normalized spacial score (nSPS) is 22.0. The first-order valence-corrected chi connectivity index (χ1v) is 8.83. The zero-order valence-corrected chi connectivity index (χ0v) is 14.9. The molecule has 5 nitrogen and oxygen atoms in total. The number of likely N-dealkylation sites (tertiary alicyclic amines) is 1. The quantitative estimate of drug-likeness (QED) is 0.901. The third-order valence-corrected chi connectivity index (χ3v) is 5.37. The van der Waals surface area contributed by atoms with E-state index >= 15 is 0 Å². The fraction of sp³-hybridized carbons (Fsp3) is 0.632. The Labute approximate surface area is 144 Å². The van der Waals surface area contributed by atoms with Gasteiger partial charge in [0.05, 0.1) is 14.2 Å². The number of carbonyl (C=O) groups is 1. The van der Waals surface area contributed by atoms with Gasteiger partial charge in [-0.2, -0.15) is 0 Å². The van der Waals surface area contributed by atoms with Gasteiger partial charge in [-0.25, -0.2) is 4.79 Å². The molecule has 1 N–H and O–H groups in total. The van der Waals surface area contributed by atoms with Gasteiger partial charge >= 0.3 is 6.03 Å². The van der Waals surface area contributed by atoms with E-state index in [0.717, 1.165) is 43.9 Å². The molecule has 5 heteroatoms. The Morgan fingerprint density at radius 3 is 2.67 bits per heavy atom. The molecule has 1 aliphatic carbocycles. The second kappa shape index (κ2) is 6.91. The fourth-order valence-corrected chi connectivity index (χ4v) is 3.61. The summed E-state index contributed by atoms with van der Waals surface area (Å²) in [5.41, 5.74) is 1.27. The SMILES string of the molecule is COc1ccc(C2(CNC(=O)N3CCCC(C)C3)CC2)cc1OC. The number of nitrogens with one attached hydrogen (secondary N) is 1. The number of methoxy groups -OCH3 is 2. The predicted molar refractivity (Wildman–Crippen MR) is 93.8 cm³/mol. The molecule has 2 aliphatic rings. The highest BCUT2D eigenvalue weighted by Gasteiger charge is 2.45. The number of rotatable bonds is 5. The van der Waals surface area contributed by atoms with Crippen LogP contribution in [0.1, 0.15) is 38.2 Å². The third-order valence-electron chi connectivity index (χ3n) is 5.37. The smallest absolute Gasteiger partial charge is 0.317 e. The Morgan fingerprint density at radius 2 is 2.04 bits per heavy atom. The third kappa shape index (κ3) is 3.45. The first-order valence-electron chi connectivity index (χ1n) is 8.83. The van der Waals surface area contributed by atoms with Crippen molar-refractivity contribution in [3.63, 3.8) is 0 Å². The lowest BCUT2D eigenvalue weighted by molar-refractivity contribution is 0.169. The van der Waals surface area contributed by atoms with Crippen molar-refractivity contribution in [2.24, 2.45) is 5.92 Å². The van der Waals surface area contributed by atoms with Crippen LogP contribution in [0.15, 0.2) is 18.2 Å². The van der Waals surface area contributed by atoms with Crippen LogP contribution in [0.3, 0.4) is 0 Å². The number of hydrogen-bond acceptors (Lipinski definition) is 3. The first-order chi connectivity index (χ1) is 11.6. The molecule has 1 atom stereocenters. The average Bonchev–Trinajstić information content (AvgIpc) is 3.40. The van der Waals surface area contributed by atoms with Crippen molar-refractivity contribution in [2.75, 3.05) is 33.9 Å². The van der Waals surface area contributed by atoms with E-state index < -0.39 is 0 Å².